The van der Waals surface area contributed by atoms with Crippen molar-refractivity contribution in [3.8, 4) is 0 Å². The predicted molar refractivity (Wildman–Crippen MR) is 65.1 cm³/mol. The molecule has 1 N–H and O–H groups in total. The smallest absolute Gasteiger partial charge is 0.123 e. The SMILES string of the molecule is Cc1ccc([C@H](O)c2sccc2Br)s1. The number of aryl methyl sites for hydroxylation is 1. The number of hydrogen-bond donors (Lipinski definition) is 1. The van der Waals surface area contributed by atoms with Crippen LogP contribution in [0.25, 0.3) is 0 Å². The van der Waals surface area contributed by atoms with Crippen LogP contribution in [0.5, 0.6) is 0 Å². The standard InChI is InChI=1S/C10H9BrOS2/c1-6-2-3-8(14-6)9(12)10-7(11)4-5-13-10/h2-5,9,12H,1H3/t9-/m0/s1. The van der Waals surface area contributed by atoms with Crippen molar-refractivity contribution in [1.29, 1.82) is 0 Å². The van der Waals surface area contributed by atoms with Crippen LogP contribution in [0.3, 0.4) is 0 Å². The van der Waals surface area contributed by atoms with E-state index in [2.05, 4.69) is 15.9 Å². The van der Waals surface area contributed by atoms with Gasteiger partial charge in [-0.1, -0.05) is 0 Å². The average Bonchev–Trinajstić information content (AvgIpc) is 2.73. The highest BCUT2D eigenvalue weighted by molar-refractivity contribution is 9.10. The van der Waals surface area contributed by atoms with Crippen LogP contribution in [0, 0.1) is 6.92 Å². The van der Waals surface area contributed by atoms with E-state index in [0.717, 1.165) is 14.2 Å². The second-order valence-electron chi connectivity index (χ2n) is 2.98. The van der Waals surface area contributed by atoms with E-state index in [1.807, 2.05) is 30.5 Å². The summed E-state index contributed by atoms with van der Waals surface area (Å²) in [6, 6.07) is 5.98. The van der Waals surface area contributed by atoms with Gasteiger partial charge in [0.1, 0.15) is 6.10 Å². The van der Waals surface area contributed by atoms with Crippen LogP contribution >= 0.6 is 38.6 Å². The number of halogens is 1. The summed E-state index contributed by atoms with van der Waals surface area (Å²) < 4.78 is 0.987. The molecule has 2 aromatic heterocycles. The first-order valence-electron chi connectivity index (χ1n) is 4.16. The van der Waals surface area contributed by atoms with Gasteiger partial charge < -0.3 is 5.11 Å². The lowest BCUT2D eigenvalue weighted by Crippen LogP contribution is -1.93. The Morgan fingerprint density at radius 2 is 2.14 bits per heavy atom. The number of thiophene rings is 2. The molecular weight excluding hydrogens is 280 g/mol. The molecule has 0 aromatic carbocycles. The highest BCUT2D eigenvalue weighted by Crippen LogP contribution is 2.35. The molecule has 0 fully saturated rings. The fourth-order valence-corrected chi connectivity index (χ4v) is 3.77. The minimum Gasteiger partial charge on any atom is -0.382 e. The van der Waals surface area contributed by atoms with E-state index < -0.39 is 6.10 Å². The predicted octanol–water partition coefficient (Wildman–Crippen LogP) is 3.96. The summed E-state index contributed by atoms with van der Waals surface area (Å²) in [4.78, 5) is 3.21. The summed E-state index contributed by atoms with van der Waals surface area (Å²) in [7, 11) is 0. The van der Waals surface area contributed by atoms with E-state index in [1.54, 1.807) is 22.7 Å². The first kappa shape index (κ1) is 10.4. The monoisotopic (exact) mass is 288 g/mol. The Balaban J connectivity index is 2.33. The second-order valence-corrected chi connectivity index (χ2v) is 6.11. The molecule has 2 rings (SSSR count). The van der Waals surface area contributed by atoms with Crippen molar-refractivity contribution in [3.63, 3.8) is 0 Å². The van der Waals surface area contributed by atoms with Crippen molar-refractivity contribution in [2.24, 2.45) is 0 Å². The Morgan fingerprint density at radius 3 is 2.64 bits per heavy atom. The molecule has 0 saturated carbocycles. The van der Waals surface area contributed by atoms with E-state index in [1.165, 1.54) is 4.88 Å². The normalized spacial score (nSPS) is 13.1. The van der Waals surface area contributed by atoms with Crippen LogP contribution in [0.1, 0.15) is 20.7 Å². The fourth-order valence-electron chi connectivity index (χ4n) is 1.23. The van der Waals surface area contributed by atoms with Crippen molar-refractivity contribution < 1.29 is 5.11 Å². The van der Waals surface area contributed by atoms with Gasteiger partial charge in [-0.25, -0.2) is 0 Å². The summed E-state index contributed by atoms with van der Waals surface area (Å²) >= 11 is 6.64. The maximum Gasteiger partial charge on any atom is 0.123 e. The molecule has 0 saturated heterocycles. The molecule has 4 heteroatoms. The molecule has 0 aliphatic heterocycles. The third kappa shape index (κ3) is 1.93. The Labute approximate surface area is 99.2 Å². The Kier molecular flexibility index (Phi) is 3.07. The molecule has 14 heavy (non-hydrogen) atoms. The zero-order chi connectivity index (χ0) is 10.1. The van der Waals surface area contributed by atoms with Gasteiger partial charge in [-0.3, -0.25) is 0 Å². The van der Waals surface area contributed by atoms with Gasteiger partial charge in [-0.2, -0.15) is 0 Å². The first-order valence-corrected chi connectivity index (χ1v) is 6.64. The summed E-state index contributed by atoms with van der Waals surface area (Å²) in [6.07, 6.45) is -0.483. The van der Waals surface area contributed by atoms with E-state index >= 15 is 0 Å². The lowest BCUT2D eigenvalue weighted by molar-refractivity contribution is 0.227. The average molecular weight is 289 g/mol. The Morgan fingerprint density at radius 1 is 1.36 bits per heavy atom. The van der Waals surface area contributed by atoms with Crippen LogP contribution in [0.15, 0.2) is 28.1 Å². The topological polar surface area (TPSA) is 20.2 Å². The van der Waals surface area contributed by atoms with Crippen molar-refractivity contribution in [2.45, 2.75) is 13.0 Å². The molecule has 1 atom stereocenters. The molecule has 0 spiro atoms. The molecule has 0 radical (unpaired) electrons. The lowest BCUT2D eigenvalue weighted by atomic mass is 10.2. The summed E-state index contributed by atoms with van der Waals surface area (Å²) in [5.41, 5.74) is 0. The maximum absolute atomic E-state index is 10.1. The van der Waals surface area contributed by atoms with Gasteiger partial charge in [-0.15, -0.1) is 22.7 Å². The summed E-state index contributed by atoms with van der Waals surface area (Å²) in [5.74, 6) is 0. The lowest BCUT2D eigenvalue weighted by Gasteiger charge is -2.06. The molecule has 0 amide bonds. The third-order valence-electron chi connectivity index (χ3n) is 1.92. The molecule has 74 valence electrons. The molecule has 0 unspecified atom stereocenters. The molecule has 0 bridgehead atoms. The maximum atomic E-state index is 10.1. The quantitative estimate of drug-likeness (QED) is 0.887. The minimum atomic E-state index is -0.483. The van der Waals surface area contributed by atoms with Crippen LogP contribution in [0.4, 0.5) is 0 Å². The largest absolute Gasteiger partial charge is 0.382 e. The zero-order valence-corrected chi connectivity index (χ0v) is 10.7. The minimum absolute atomic E-state index is 0.483. The molecule has 2 heterocycles. The molecule has 2 aromatic rings. The van der Waals surface area contributed by atoms with Crippen LogP contribution < -0.4 is 0 Å². The molecular formula is C10H9BrOS2. The van der Waals surface area contributed by atoms with Crippen molar-refractivity contribution >= 4 is 38.6 Å². The number of aliphatic hydroxyl groups is 1. The van der Waals surface area contributed by atoms with Gasteiger partial charge in [0.15, 0.2) is 0 Å². The van der Waals surface area contributed by atoms with Gasteiger partial charge >= 0.3 is 0 Å². The van der Waals surface area contributed by atoms with E-state index in [4.69, 9.17) is 0 Å². The van der Waals surface area contributed by atoms with Crippen LogP contribution in [-0.2, 0) is 0 Å². The number of rotatable bonds is 2. The number of aliphatic hydroxyl groups excluding tert-OH is 1. The van der Waals surface area contributed by atoms with Gasteiger partial charge in [0, 0.05) is 14.2 Å². The fraction of sp³-hybridized carbons (Fsp3) is 0.200. The molecule has 0 aliphatic rings. The van der Waals surface area contributed by atoms with E-state index in [-0.39, 0.29) is 0 Å². The van der Waals surface area contributed by atoms with Crippen LogP contribution in [0.2, 0.25) is 0 Å². The third-order valence-corrected chi connectivity index (χ3v) is 4.90. The zero-order valence-electron chi connectivity index (χ0n) is 7.53. The Bertz CT molecular complexity index is 433. The van der Waals surface area contributed by atoms with Crippen molar-refractivity contribution in [1.82, 2.24) is 0 Å². The Hall–Kier alpha value is -0.160. The van der Waals surface area contributed by atoms with Crippen molar-refractivity contribution in [2.75, 3.05) is 0 Å². The second kappa shape index (κ2) is 4.14. The first-order chi connectivity index (χ1) is 6.68. The van der Waals surface area contributed by atoms with Gasteiger partial charge in [0.05, 0.1) is 4.88 Å². The van der Waals surface area contributed by atoms with Gasteiger partial charge in [-0.05, 0) is 46.4 Å². The van der Waals surface area contributed by atoms with E-state index in [0.29, 0.717) is 0 Å². The van der Waals surface area contributed by atoms with Gasteiger partial charge in [0.25, 0.3) is 0 Å². The van der Waals surface area contributed by atoms with Gasteiger partial charge in [0.2, 0.25) is 0 Å². The highest BCUT2D eigenvalue weighted by atomic mass is 79.9. The molecule has 0 aliphatic carbocycles. The van der Waals surface area contributed by atoms with Crippen molar-refractivity contribution in [3.05, 3.63) is 42.7 Å². The van der Waals surface area contributed by atoms with E-state index in [9.17, 15) is 5.11 Å². The summed E-state index contributed by atoms with van der Waals surface area (Å²) in [5, 5.41) is 12.0. The molecule has 1 nitrogen and oxygen atoms in total. The van der Waals surface area contributed by atoms with Crippen LogP contribution in [-0.4, -0.2) is 5.11 Å². The summed E-state index contributed by atoms with van der Waals surface area (Å²) in [6.45, 7) is 2.05. The highest BCUT2D eigenvalue weighted by Gasteiger charge is 2.16. The number of hydrogen-bond acceptors (Lipinski definition) is 3.